The van der Waals surface area contributed by atoms with Crippen LogP contribution < -0.4 is 0 Å². The van der Waals surface area contributed by atoms with Crippen LogP contribution >= 0.6 is 11.1 Å². The number of aliphatic carboxylic acids is 1. The van der Waals surface area contributed by atoms with E-state index in [-0.39, 0.29) is 0 Å². The van der Waals surface area contributed by atoms with Crippen molar-refractivity contribution in [3.63, 3.8) is 0 Å². The molecule has 2 nitrogen and oxygen atoms in total. The molecule has 0 rings (SSSR count). The monoisotopic (exact) mass is 474 g/mol. The number of hydrogen-bond acceptors (Lipinski definition) is 1. The van der Waals surface area contributed by atoms with Crippen LogP contribution in [-0.4, -0.2) is 18.5 Å². The highest BCUT2D eigenvalue weighted by atomic mass is 35.6. The molecule has 0 aromatic carbocycles. The summed E-state index contributed by atoms with van der Waals surface area (Å²) < 4.78 is 0. The minimum atomic E-state index is -1.32. The van der Waals surface area contributed by atoms with Gasteiger partial charge in [0.05, 0.1) is 0 Å². The molecule has 4 heteroatoms. The highest BCUT2D eigenvalue weighted by Gasteiger charge is 2.15. The van der Waals surface area contributed by atoms with E-state index in [4.69, 9.17) is 16.2 Å². The topological polar surface area (TPSA) is 37.3 Å². The molecule has 0 aromatic heterocycles. The van der Waals surface area contributed by atoms with Gasteiger partial charge in [0.1, 0.15) is 7.38 Å². The third kappa shape index (κ3) is 30.0. The fourth-order valence-corrected chi connectivity index (χ4v) is 5.85. The predicted octanol–water partition coefficient (Wildman–Crippen LogP) is 10.5. The number of hydrogen-bond donors (Lipinski definition) is 1. The Balaban J connectivity index is 3.04. The quantitative estimate of drug-likeness (QED) is 0.0810. The van der Waals surface area contributed by atoms with E-state index in [0.29, 0.717) is 6.42 Å². The zero-order valence-electron chi connectivity index (χ0n) is 21.2. The number of carboxylic acid groups (broad SMARTS) is 1. The van der Waals surface area contributed by atoms with E-state index >= 15 is 0 Å². The zero-order chi connectivity index (χ0) is 23.0. The summed E-state index contributed by atoms with van der Waals surface area (Å²) in [5, 5.41) is 8.60. The number of carboxylic acids is 1. The van der Waals surface area contributed by atoms with Gasteiger partial charge in [0.15, 0.2) is 0 Å². The Morgan fingerprint density at radius 1 is 0.516 bits per heavy atom. The smallest absolute Gasteiger partial charge is 0.303 e. The van der Waals surface area contributed by atoms with E-state index < -0.39 is 13.4 Å². The third-order valence-electron chi connectivity index (χ3n) is 6.41. The molecule has 0 aliphatic rings. The maximum absolute atomic E-state index is 10.4. The largest absolute Gasteiger partial charge is 0.481 e. The highest BCUT2D eigenvalue weighted by molar-refractivity contribution is 7.19. The molecule has 0 saturated carbocycles. The second-order valence-corrected chi connectivity index (χ2v) is 17.4. The lowest BCUT2D eigenvalue weighted by Crippen LogP contribution is -2.14. The second-order valence-electron chi connectivity index (χ2n) is 10.4. The zero-order valence-corrected chi connectivity index (χ0v) is 23.0. The Labute approximate surface area is 201 Å². The highest BCUT2D eigenvalue weighted by Crippen LogP contribution is 2.20. The van der Waals surface area contributed by atoms with Crippen LogP contribution in [0.2, 0.25) is 19.1 Å². The molecule has 0 atom stereocenters. The standard InChI is InChI=1S/C27H55ClO2Si/c1-31(2,28)26-24-22-20-18-16-14-12-10-8-6-4-3-5-7-9-11-13-15-17-19-21-23-25-27(29)30/h3-26H2,1-2H3,(H,29,30). The van der Waals surface area contributed by atoms with Gasteiger partial charge in [-0.25, -0.2) is 0 Å². The Hall–Kier alpha value is -0.0231. The van der Waals surface area contributed by atoms with Crippen molar-refractivity contribution < 1.29 is 9.90 Å². The first-order valence-corrected chi connectivity index (χ1v) is 18.0. The molecular formula is C27H55ClO2Si. The molecule has 0 heterocycles. The first-order valence-electron chi connectivity index (χ1n) is 13.8. The van der Waals surface area contributed by atoms with Crippen molar-refractivity contribution in [1.29, 1.82) is 0 Å². The number of unbranched alkanes of at least 4 members (excludes halogenated alkanes) is 21. The summed E-state index contributed by atoms with van der Waals surface area (Å²) in [6.45, 7) is 4.52. The summed E-state index contributed by atoms with van der Waals surface area (Å²) in [4.78, 5) is 10.4. The minimum absolute atomic E-state index is 0.343. The molecule has 0 aliphatic heterocycles. The van der Waals surface area contributed by atoms with Crippen LogP contribution in [-0.2, 0) is 4.79 Å². The van der Waals surface area contributed by atoms with E-state index in [1.165, 1.54) is 134 Å². The van der Waals surface area contributed by atoms with Gasteiger partial charge in [-0.3, -0.25) is 4.79 Å². The predicted molar refractivity (Wildman–Crippen MR) is 142 cm³/mol. The molecule has 0 bridgehead atoms. The van der Waals surface area contributed by atoms with Gasteiger partial charge >= 0.3 is 5.97 Å². The molecule has 0 spiro atoms. The summed E-state index contributed by atoms with van der Waals surface area (Å²) >= 11 is 6.36. The molecule has 0 amide bonds. The van der Waals surface area contributed by atoms with Crippen molar-refractivity contribution in [2.24, 2.45) is 0 Å². The van der Waals surface area contributed by atoms with E-state index in [9.17, 15) is 4.79 Å². The van der Waals surface area contributed by atoms with Crippen LogP contribution in [0.3, 0.4) is 0 Å². The fraction of sp³-hybridized carbons (Fsp3) is 0.963. The van der Waals surface area contributed by atoms with Crippen LogP contribution in [0.5, 0.6) is 0 Å². The first kappa shape index (κ1) is 31.0. The van der Waals surface area contributed by atoms with Crippen molar-refractivity contribution in [2.75, 3.05) is 0 Å². The number of carbonyl (C=O) groups is 1. The van der Waals surface area contributed by atoms with Crippen molar-refractivity contribution in [2.45, 2.75) is 167 Å². The van der Waals surface area contributed by atoms with E-state index in [1.54, 1.807) is 0 Å². The lowest BCUT2D eigenvalue weighted by molar-refractivity contribution is -0.137. The van der Waals surface area contributed by atoms with Crippen molar-refractivity contribution >= 4 is 24.4 Å². The van der Waals surface area contributed by atoms with Crippen molar-refractivity contribution in [3.05, 3.63) is 0 Å². The van der Waals surface area contributed by atoms with Gasteiger partial charge in [-0.1, -0.05) is 148 Å². The van der Waals surface area contributed by atoms with Gasteiger partial charge in [-0.15, -0.1) is 0 Å². The third-order valence-corrected chi connectivity index (χ3v) is 8.52. The molecule has 0 fully saturated rings. The Kier molecular flexibility index (Phi) is 23.1. The first-order chi connectivity index (χ1) is 14.9. The maximum Gasteiger partial charge on any atom is 0.303 e. The number of rotatable bonds is 25. The summed E-state index contributed by atoms with van der Waals surface area (Å²) in [7, 11) is -1.32. The van der Waals surface area contributed by atoms with Gasteiger partial charge in [0, 0.05) is 6.42 Å². The minimum Gasteiger partial charge on any atom is -0.481 e. The summed E-state index contributed by atoms with van der Waals surface area (Å²) in [6.07, 6.45) is 30.2. The SMILES string of the molecule is C[Si](C)(Cl)CCCCCCCCCCCCCCCCCCCCCCCCC(=O)O. The van der Waals surface area contributed by atoms with E-state index in [2.05, 4.69) is 13.1 Å². The molecule has 0 unspecified atom stereocenters. The Morgan fingerprint density at radius 3 is 0.968 bits per heavy atom. The summed E-state index contributed by atoms with van der Waals surface area (Å²) in [5.74, 6) is -0.652. The molecule has 0 saturated heterocycles. The molecule has 0 aliphatic carbocycles. The average Bonchev–Trinajstić information content (AvgIpc) is 2.70. The molecule has 186 valence electrons. The lowest BCUT2D eigenvalue weighted by atomic mass is 10.0. The summed E-state index contributed by atoms with van der Waals surface area (Å²) in [5.41, 5.74) is 0. The van der Waals surface area contributed by atoms with Crippen molar-refractivity contribution in [3.8, 4) is 0 Å². The van der Waals surface area contributed by atoms with Crippen LogP contribution in [0, 0.1) is 0 Å². The number of halogens is 1. The van der Waals surface area contributed by atoms with Crippen LogP contribution in [0.15, 0.2) is 0 Å². The molecule has 0 aromatic rings. The van der Waals surface area contributed by atoms with Gasteiger partial charge in [-0.2, -0.15) is 11.1 Å². The second kappa shape index (κ2) is 23.1. The van der Waals surface area contributed by atoms with Crippen LogP contribution in [0.4, 0.5) is 0 Å². The Morgan fingerprint density at radius 2 is 0.742 bits per heavy atom. The molecule has 1 N–H and O–H groups in total. The van der Waals surface area contributed by atoms with Gasteiger partial charge in [-0.05, 0) is 12.5 Å². The fourth-order valence-electron chi connectivity index (χ4n) is 4.36. The molecule has 0 radical (unpaired) electrons. The van der Waals surface area contributed by atoms with Crippen molar-refractivity contribution in [1.82, 2.24) is 0 Å². The summed E-state index contributed by atoms with van der Waals surface area (Å²) in [6, 6.07) is 1.29. The van der Waals surface area contributed by atoms with Crippen LogP contribution in [0.1, 0.15) is 148 Å². The van der Waals surface area contributed by atoms with E-state index in [1.807, 2.05) is 0 Å². The maximum atomic E-state index is 10.4. The van der Waals surface area contributed by atoms with Gasteiger partial charge in [0.2, 0.25) is 0 Å². The lowest BCUT2D eigenvalue weighted by Gasteiger charge is -2.11. The molecule has 31 heavy (non-hydrogen) atoms. The molecular weight excluding hydrogens is 420 g/mol. The van der Waals surface area contributed by atoms with Crippen LogP contribution in [0.25, 0.3) is 0 Å². The van der Waals surface area contributed by atoms with Gasteiger partial charge in [0.25, 0.3) is 0 Å². The van der Waals surface area contributed by atoms with E-state index in [0.717, 1.165) is 12.8 Å². The Bertz CT molecular complexity index is 382. The normalized spacial score (nSPS) is 11.8. The van der Waals surface area contributed by atoms with Gasteiger partial charge < -0.3 is 5.11 Å². The average molecular weight is 475 g/mol.